The van der Waals surface area contributed by atoms with Crippen LogP contribution in [-0.4, -0.2) is 124 Å². The first-order valence-corrected chi connectivity index (χ1v) is 10.6. The molecule has 0 spiro atoms. The normalized spacial score (nSPS) is 23.1. The Hall–Kier alpha value is -2.53. The quantitative estimate of drug-likeness (QED) is 0.370. The molecule has 1 unspecified atom stereocenters. The molecule has 3 aliphatic heterocycles. The Kier molecular flexibility index (Phi) is 5.50. The Morgan fingerprint density at radius 2 is 1.79 bits per heavy atom. The van der Waals surface area contributed by atoms with Crippen LogP contribution < -0.4 is 0 Å². The van der Waals surface area contributed by atoms with Gasteiger partial charge >= 0.3 is 12.0 Å². The first kappa shape index (κ1) is 19.8. The summed E-state index contributed by atoms with van der Waals surface area (Å²) in [6.07, 6.45) is 3.43. The molecule has 3 aliphatic rings. The number of piperazine rings is 1. The van der Waals surface area contributed by atoms with Crippen molar-refractivity contribution in [2.75, 3.05) is 59.6 Å². The number of likely N-dealkylation sites (N-methyl/N-ethyl adjacent to an activating group) is 3. The van der Waals surface area contributed by atoms with Crippen molar-refractivity contribution in [1.29, 1.82) is 0 Å². The van der Waals surface area contributed by atoms with Crippen molar-refractivity contribution in [3.05, 3.63) is 18.5 Å². The number of aromatic nitrogens is 2. The van der Waals surface area contributed by atoms with Gasteiger partial charge in [0.05, 0.1) is 19.6 Å². The van der Waals surface area contributed by atoms with E-state index in [1.807, 2.05) is 4.90 Å². The number of hydrogen-bond acceptors (Lipinski definition) is 6. The molecule has 0 aromatic carbocycles. The number of rotatable bonds is 4. The number of imide groups is 1. The molecule has 4 rings (SSSR count). The molecule has 0 bridgehead atoms. The van der Waals surface area contributed by atoms with E-state index < -0.39 is 6.04 Å². The Bertz CT molecular complexity index is 864. The van der Waals surface area contributed by atoms with Crippen molar-refractivity contribution in [3.63, 3.8) is 0 Å². The van der Waals surface area contributed by atoms with Gasteiger partial charge in [0.25, 0.3) is 5.91 Å². The molecule has 2 saturated heterocycles. The maximum Gasteiger partial charge on any atom is 0.392 e. The summed E-state index contributed by atoms with van der Waals surface area (Å²) in [6, 6.07) is 0.860. The van der Waals surface area contributed by atoms with Crippen molar-refractivity contribution in [3.8, 4) is 0 Å². The number of guanidine groups is 1. The summed E-state index contributed by atoms with van der Waals surface area (Å²) < 4.78 is 2.21. The summed E-state index contributed by atoms with van der Waals surface area (Å²) in [7, 11) is 5.30. The van der Waals surface area contributed by atoms with Gasteiger partial charge in [-0.15, -0.1) is 0 Å². The van der Waals surface area contributed by atoms with Crippen LogP contribution in [-0.2, 0) is 4.79 Å². The topological polar surface area (TPSA) is 88.3 Å². The number of nitrogens with zero attached hydrogens (tertiary/aromatic N) is 8. The minimum absolute atomic E-state index is 0.239. The van der Waals surface area contributed by atoms with Gasteiger partial charge < -0.3 is 4.90 Å². The lowest BCUT2D eigenvalue weighted by molar-refractivity contribution is -0.544. The number of amidine groups is 1. The van der Waals surface area contributed by atoms with Crippen molar-refractivity contribution >= 4 is 35.5 Å². The largest absolute Gasteiger partial charge is 0.392 e. The van der Waals surface area contributed by atoms with E-state index in [2.05, 4.69) is 26.5 Å². The van der Waals surface area contributed by atoms with Crippen LogP contribution in [0.3, 0.4) is 0 Å². The van der Waals surface area contributed by atoms with Crippen LogP contribution in [0.5, 0.6) is 0 Å². The predicted molar refractivity (Wildman–Crippen MR) is 109 cm³/mol. The lowest BCUT2D eigenvalue weighted by atomic mass is 10.1. The molecule has 4 heterocycles. The standard InChI is InChI=1S/C18H25N8O2S/c1-22-7-9-25(10-8-22)17-21-14-13(15(27)24(3)18(28)23(14)2)26(17)11-12-29-16-19-5-4-6-20-16/h4-6,13H,7-12H2,1-3H3/q+1. The van der Waals surface area contributed by atoms with E-state index in [-0.39, 0.29) is 11.9 Å². The van der Waals surface area contributed by atoms with Crippen LogP contribution >= 0.6 is 11.8 Å². The van der Waals surface area contributed by atoms with Gasteiger partial charge in [-0.1, -0.05) is 16.8 Å². The zero-order chi connectivity index (χ0) is 20.5. The molecule has 0 radical (unpaired) electrons. The average Bonchev–Trinajstić information content (AvgIpc) is 3.12. The third-order valence-corrected chi connectivity index (χ3v) is 6.26. The van der Waals surface area contributed by atoms with Crippen molar-refractivity contribution < 1.29 is 14.2 Å². The summed E-state index contributed by atoms with van der Waals surface area (Å²) >= 11 is 1.54. The molecular formula is C18H25N8O2S+. The molecule has 0 aliphatic carbocycles. The fourth-order valence-corrected chi connectivity index (χ4v) is 4.41. The lowest BCUT2D eigenvalue weighted by Gasteiger charge is -2.33. The highest BCUT2D eigenvalue weighted by Crippen LogP contribution is 2.24. The fourth-order valence-electron chi connectivity index (χ4n) is 3.67. The van der Waals surface area contributed by atoms with Crippen LogP contribution in [0.1, 0.15) is 0 Å². The van der Waals surface area contributed by atoms with E-state index in [0.717, 1.165) is 32.1 Å². The van der Waals surface area contributed by atoms with Gasteiger partial charge in [-0.3, -0.25) is 19.2 Å². The zero-order valence-electron chi connectivity index (χ0n) is 16.9. The number of fused-ring (bicyclic) bond motifs is 1. The maximum absolute atomic E-state index is 13.0. The molecule has 10 nitrogen and oxygen atoms in total. The number of carbonyl (C=O) groups excluding carboxylic acids is 2. The van der Waals surface area contributed by atoms with Gasteiger partial charge in [0, 0.05) is 45.3 Å². The highest BCUT2D eigenvalue weighted by Gasteiger charge is 2.55. The molecule has 0 saturated carbocycles. The van der Waals surface area contributed by atoms with Crippen LogP contribution in [0.25, 0.3) is 0 Å². The molecule has 11 heteroatoms. The van der Waals surface area contributed by atoms with Gasteiger partial charge in [-0.25, -0.2) is 19.7 Å². The third-order valence-electron chi connectivity index (χ3n) is 5.40. The zero-order valence-corrected chi connectivity index (χ0v) is 17.7. The van der Waals surface area contributed by atoms with E-state index in [1.54, 1.807) is 25.5 Å². The van der Waals surface area contributed by atoms with Crippen molar-refractivity contribution in [2.24, 2.45) is 4.99 Å². The molecule has 1 aromatic rings. The number of thioether (sulfide) groups is 1. The van der Waals surface area contributed by atoms with E-state index >= 15 is 0 Å². The summed E-state index contributed by atoms with van der Waals surface area (Å²) in [5, 5.41) is 0.702. The Morgan fingerprint density at radius 1 is 1.10 bits per heavy atom. The highest BCUT2D eigenvalue weighted by molar-refractivity contribution is 7.99. The molecule has 3 amide bonds. The second-order valence-corrected chi connectivity index (χ2v) is 8.34. The number of amides is 3. The van der Waals surface area contributed by atoms with E-state index in [0.29, 0.717) is 23.3 Å². The van der Waals surface area contributed by atoms with Crippen molar-refractivity contribution in [1.82, 2.24) is 29.6 Å². The van der Waals surface area contributed by atoms with Gasteiger partial charge in [0.2, 0.25) is 11.9 Å². The molecular weight excluding hydrogens is 392 g/mol. The van der Waals surface area contributed by atoms with E-state index in [1.165, 1.54) is 28.6 Å². The summed E-state index contributed by atoms with van der Waals surface area (Å²) in [4.78, 5) is 45.6. The molecule has 154 valence electrons. The smallest absolute Gasteiger partial charge is 0.300 e. The second-order valence-electron chi connectivity index (χ2n) is 7.27. The third kappa shape index (κ3) is 3.71. The van der Waals surface area contributed by atoms with E-state index in [9.17, 15) is 9.59 Å². The second kappa shape index (κ2) is 8.07. The number of hydrogen-bond donors (Lipinski definition) is 0. The summed E-state index contributed by atoms with van der Waals surface area (Å²) in [5.74, 6) is 1.75. The first-order valence-electron chi connectivity index (χ1n) is 9.58. The number of aliphatic imine (C=N–C) groups is 1. The fraction of sp³-hybridized carbons (Fsp3) is 0.556. The molecule has 1 aromatic heterocycles. The highest BCUT2D eigenvalue weighted by atomic mass is 32.2. The SMILES string of the molecule is CN1CC[N+](=C2N=C3C(C(=O)N(C)C(=O)N3C)N2CCSc2ncccn2)CC1. The van der Waals surface area contributed by atoms with Crippen LogP contribution in [0.15, 0.2) is 28.6 Å². The van der Waals surface area contributed by atoms with Crippen LogP contribution in [0, 0.1) is 0 Å². The number of carbonyl (C=O) groups is 2. The monoisotopic (exact) mass is 417 g/mol. The molecule has 29 heavy (non-hydrogen) atoms. The average molecular weight is 418 g/mol. The molecule has 0 N–H and O–H groups in total. The molecule has 2 fully saturated rings. The van der Waals surface area contributed by atoms with Gasteiger partial charge in [-0.2, -0.15) is 0 Å². The lowest BCUT2D eigenvalue weighted by Crippen LogP contribution is -2.63. The van der Waals surface area contributed by atoms with Gasteiger partial charge in [0.15, 0.2) is 5.16 Å². The summed E-state index contributed by atoms with van der Waals surface area (Å²) in [6.45, 7) is 4.14. The minimum Gasteiger partial charge on any atom is -0.300 e. The van der Waals surface area contributed by atoms with Crippen LogP contribution in [0.2, 0.25) is 0 Å². The Balaban J connectivity index is 1.61. The Labute approximate surface area is 173 Å². The van der Waals surface area contributed by atoms with Gasteiger partial charge in [-0.05, 0) is 13.1 Å². The van der Waals surface area contributed by atoms with E-state index in [4.69, 9.17) is 4.99 Å². The van der Waals surface area contributed by atoms with Crippen LogP contribution in [0.4, 0.5) is 4.79 Å². The summed E-state index contributed by atoms with van der Waals surface area (Å²) in [5.41, 5.74) is 0. The minimum atomic E-state index is -0.574. The maximum atomic E-state index is 13.0. The number of urea groups is 1. The Morgan fingerprint density at radius 3 is 2.48 bits per heavy atom. The predicted octanol–water partition coefficient (Wildman–Crippen LogP) is -0.511. The molecule has 1 atom stereocenters. The first-order chi connectivity index (χ1) is 14.0. The van der Waals surface area contributed by atoms with Gasteiger partial charge in [0.1, 0.15) is 0 Å². The van der Waals surface area contributed by atoms with Crippen molar-refractivity contribution in [2.45, 2.75) is 11.2 Å².